The number of rotatable bonds is 3. The minimum absolute atomic E-state index is 0.188. The molecule has 20 heavy (non-hydrogen) atoms. The van der Waals surface area contributed by atoms with Crippen molar-refractivity contribution in [2.75, 3.05) is 0 Å². The minimum Gasteiger partial charge on any atom is -0.327 e. The molecule has 0 spiro atoms. The Hall–Kier alpha value is -1.49. The number of aryl methyl sites for hydroxylation is 1. The summed E-state index contributed by atoms with van der Waals surface area (Å²) in [4.78, 5) is 15.3. The molecule has 0 saturated heterocycles. The molecule has 0 aromatic carbocycles. The zero-order valence-corrected chi connectivity index (χ0v) is 12.4. The molecule has 2 rings (SSSR count). The summed E-state index contributed by atoms with van der Waals surface area (Å²) in [6, 6.07) is 0.188. The third kappa shape index (κ3) is 2.98. The van der Waals surface area contributed by atoms with E-state index in [-0.39, 0.29) is 16.7 Å². The number of aromatic nitrogens is 1. The van der Waals surface area contributed by atoms with Gasteiger partial charge in [-0.15, -0.1) is 0 Å². The van der Waals surface area contributed by atoms with Gasteiger partial charge >= 0.3 is 0 Å². The van der Waals surface area contributed by atoms with Crippen LogP contribution in [0.2, 0.25) is 0 Å². The van der Waals surface area contributed by atoms with E-state index in [2.05, 4.69) is 11.9 Å². The normalized spacial score (nSPS) is 26.5. The zero-order chi connectivity index (χ0) is 14.9. The summed E-state index contributed by atoms with van der Waals surface area (Å²) in [6.07, 6.45) is 5.66. The number of nitrogens with two attached hydrogens (primary N) is 1. The summed E-state index contributed by atoms with van der Waals surface area (Å²) in [5.41, 5.74) is 8.55. The highest BCUT2D eigenvalue weighted by Gasteiger charge is 2.28. The second kappa shape index (κ2) is 5.87. The maximum absolute atomic E-state index is 11.2. The van der Waals surface area contributed by atoms with Crippen molar-refractivity contribution in [3.8, 4) is 0 Å². The molecule has 5 nitrogen and oxygen atoms in total. The predicted molar refractivity (Wildman–Crippen MR) is 78.5 cm³/mol. The van der Waals surface area contributed by atoms with Crippen LogP contribution in [0.5, 0.6) is 0 Å². The highest BCUT2D eigenvalue weighted by molar-refractivity contribution is 5.47. The topological polar surface area (TPSA) is 82.0 Å². The van der Waals surface area contributed by atoms with Crippen LogP contribution in [-0.4, -0.2) is 15.9 Å². The van der Waals surface area contributed by atoms with Gasteiger partial charge in [-0.25, -0.2) is 0 Å². The second-order valence-corrected chi connectivity index (χ2v) is 6.16. The lowest BCUT2D eigenvalue weighted by Gasteiger charge is -2.32. The van der Waals surface area contributed by atoms with E-state index in [0.29, 0.717) is 23.0 Å². The van der Waals surface area contributed by atoms with Gasteiger partial charge in [-0.3, -0.25) is 15.1 Å². The third-order valence-electron chi connectivity index (χ3n) is 4.52. The smallest absolute Gasteiger partial charge is 0.278 e. The Morgan fingerprint density at radius 1 is 1.45 bits per heavy atom. The summed E-state index contributed by atoms with van der Waals surface area (Å²) in [5, 5.41) is 11.2. The van der Waals surface area contributed by atoms with Crippen LogP contribution in [0, 0.1) is 35.8 Å². The molecule has 5 heteroatoms. The van der Waals surface area contributed by atoms with E-state index in [0.717, 1.165) is 25.0 Å². The monoisotopic (exact) mass is 277 g/mol. The summed E-state index contributed by atoms with van der Waals surface area (Å²) in [5.74, 6) is 1.06. The molecule has 0 radical (unpaired) electrons. The Balaban J connectivity index is 2.25. The molecule has 1 aliphatic rings. The Morgan fingerprint density at radius 3 is 2.80 bits per heavy atom. The minimum atomic E-state index is -0.306. The molecule has 3 unspecified atom stereocenters. The van der Waals surface area contributed by atoms with Crippen LogP contribution >= 0.6 is 0 Å². The first-order chi connectivity index (χ1) is 9.40. The predicted octanol–water partition coefficient (Wildman–Crippen LogP) is 2.91. The SMILES string of the molecule is Cc1cnc(CC2CC(C)CCC2N)c(C)c1[N+](=O)[O-]. The van der Waals surface area contributed by atoms with Crippen molar-refractivity contribution in [2.24, 2.45) is 17.6 Å². The van der Waals surface area contributed by atoms with Crippen LogP contribution < -0.4 is 5.73 Å². The summed E-state index contributed by atoms with van der Waals surface area (Å²) >= 11 is 0. The highest BCUT2D eigenvalue weighted by Crippen LogP contribution is 2.32. The van der Waals surface area contributed by atoms with Gasteiger partial charge in [0, 0.05) is 23.4 Å². The van der Waals surface area contributed by atoms with Crippen LogP contribution in [0.4, 0.5) is 5.69 Å². The molecule has 1 fully saturated rings. The summed E-state index contributed by atoms with van der Waals surface area (Å²) < 4.78 is 0. The van der Waals surface area contributed by atoms with Crippen molar-refractivity contribution in [1.82, 2.24) is 4.98 Å². The Morgan fingerprint density at radius 2 is 2.15 bits per heavy atom. The molecule has 0 aliphatic heterocycles. The van der Waals surface area contributed by atoms with Crippen molar-refractivity contribution in [3.05, 3.63) is 33.1 Å². The lowest BCUT2D eigenvalue weighted by Crippen LogP contribution is -2.37. The van der Waals surface area contributed by atoms with E-state index in [4.69, 9.17) is 5.73 Å². The van der Waals surface area contributed by atoms with Crippen LogP contribution in [0.1, 0.15) is 43.0 Å². The lowest BCUT2D eigenvalue weighted by molar-refractivity contribution is -0.386. The molecule has 2 N–H and O–H groups in total. The Bertz CT molecular complexity index is 516. The van der Waals surface area contributed by atoms with Crippen LogP contribution in [0.3, 0.4) is 0 Å². The molecular formula is C15H23N3O2. The Labute approximate surface area is 119 Å². The van der Waals surface area contributed by atoms with E-state index >= 15 is 0 Å². The molecule has 110 valence electrons. The van der Waals surface area contributed by atoms with Gasteiger partial charge < -0.3 is 5.73 Å². The first kappa shape index (κ1) is 14.9. The maximum atomic E-state index is 11.2. The molecule has 0 bridgehead atoms. The van der Waals surface area contributed by atoms with E-state index < -0.39 is 0 Å². The quantitative estimate of drug-likeness (QED) is 0.680. The van der Waals surface area contributed by atoms with Crippen LogP contribution in [-0.2, 0) is 6.42 Å². The van der Waals surface area contributed by atoms with Crippen LogP contribution in [0.15, 0.2) is 6.20 Å². The van der Waals surface area contributed by atoms with Gasteiger partial charge in [-0.2, -0.15) is 0 Å². The van der Waals surface area contributed by atoms with Gasteiger partial charge in [-0.05, 0) is 51.4 Å². The molecule has 1 aromatic heterocycles. The molecule has 1 aliphatic carbocycles. The van der Waals surface area contributed by atoms with Crippen molar-refractivity contribution in [1.29, 1.82) is 0 Å². The van der Waals surface area contributed by atoms with Gasteiger partial charge in [0.05, 0.1) is 10.6 Å². The molecule has 1 aromatic rings. The molecule has 0 amide bonds. The number of pyridine rings is 1. The Kier molecular flexibility index (Phi) is 4.38. The molecule has 1 saturated carbocycles. The average molecular weight is 277 g/mol. The first-order valence-corrected chi connectivity index (χ1v) is 7.25. The number of nitrogens with zero attached hydrogens (tertiary/aromatic N) is 2. The van der Waals surface area contributed by atoms with Crippen molar-refractivity contribution >= 4 is 5.69 Å². The summed E-state index contributed by atoms with van der Waals surface area (Å²) in [7, 11) is 0. The van der Waals surface area contributed by atoms with Gasteiger partial charge in [0.15, 0.2) is 0 Å². The van der Waals surface area contributed by atoms with Crippen molar-refractivity contribution in [2.45, 2.75) is 52.5 Å². The lowest BCUT2D eigenvalue weighted by atomic mass is 9.76. The first-order valence-electron chi connectivity index (χ1n) is 7.25. The number of hydrogen-bond acceptors (Lipinski definition) is 4. The standard InChI is InChI=1S/C15H23N3O2/c1-9-4-5-13(16)12(6-9)7-14-11(3)15(18(19)20)10(2)8-17-14/h8-9,12-13H,4-7,16H2,1-3H3. The number of hydrogen-bond donors (Lipinski definition) is 1. The fraction of sp³-hybridized carbons (Fsp3) is 0.667. The van der Waals surface area contributed by atoms with Gasteiger partial charge in [0.25, 0.3) is 5.69 Å². The molecular weight excluding hydrogens is 254 g/mol. The van der Waals surface area contributed by atoms with Crippen molar-refractivity contribution in [3.63, 3.8) is 0 Å². The number of nitro groups is 1. The van der Waals surface area contributed by atoms with E-state index in [1.54, 1.807) is 20.0 Å². The van der Waals surface area contributed by atoms with Gasteiger partial charge in [0.1, 0.15) is 0 Å². The van der Waals surface area contributed by atoms with Gasteiger partial charge in [-0.1, -0.05) is 6.92 Å². The van der Waals surface area contributed by atoms with E-state index in [1.165, 1.54) is 6.42 Å². The van der Waals surface area contributed by atoms with Gasteiger partial charge in [0.2, 0.25) is 0 Å². The largest absolute Gasteiger partial charge is 0.327 e. The third-order valence-corrected chi connectivity index (χ3v) is 4.52. The van der Waals surface area contributed by atoms with Crippen molar-refractivity contribution < 1.29 is 4.92 Å². The summed E-state index contributed by atoms with van der Waals surface area (Å²) in [6.45, 7) is 5.78. The van der Waals surface area contributed by atoms with E-state index in [9.17, 15) is 10.1 Å². The average Bonchev–Trinajstić information content (AvgIpc) is 2.37. The maximum Gasteiger partial charge on any atom is 0.278 e. The fourth-order valence-electron chi connectivity index (χ4n) is 3.26. The molecule has 3 atom stereocenters. The fourth-order valence-corrected chi connectivity index (χ4v) is 3.26. The van der Waals surface area contributed by atoms with Crippen LogP contribution in [0.25, 0.3) is 0 Å². The second-order valence-electron chi connectivity index (χ2n) is 6.16. The van der Waals surface area contributed by atoms with E-state index in [1.807, 2.05) is 0 Å². The molecule has 1 heterocycles. The zero-order valence-electron chi connectivity index (χ0n) is 12.4. The highest BCUT2D eigenvalue weighted by atomic mass is 16.6.